The molecule has 0 aliphatic heterocycles. The van der Waals surface area contributed by atoms with E-state index in [-0.39, 0.29) is 0 Å². The molecular weight excluding hydrogens is 162 g/mol. The van der Waals surface area contributed by atoms with Gasteiger partial charge < -0.3 is 5.73 Å². The fraction of sp³-hybridized carbons (Fsp3) is 0.200. The van der Waals surface area contributed by atoms with E-state index in [4.69, 9.17) is 5.73 Å². The summed E-state index contributed by atoms with van der Waals surface area (Å²) in [4.78, 5) is 8.14. The molecule has 1 heterocycles. The van der Waals surface area contributed by atoms with Gasteiger partial charge in [0.25, 0.3) is 0 Å². The van der Waals surface area contributed by atoms with Crippen LogP contribution in [0.25, 0.3) is 5.57 Å². The Kier molecular flexibility index (Phi) is 3.20. The van der Waals surface area contributed by atoms with Crippen molar-refractivity contribution in [2.75, 3.05) is 7.05 Å². The van der Waals surface area contributed by atoms with E-state index in [1.165, 1.54) is 6.20 Å². The average molecular weight is 175 g/mol. The van der Waals surface area contributed by atoms with Crippen LogP contribution in [0.2, 0.25) is 0 Å². The van der Waals surface area contributed by atoms with Gasteiger partial charge in [0.2, 0.25) is 0 Å². The quantitative estimate of drug-likeness (QED) is 0.690. The van der Waals surface area contributed by atoms with Crippen molar-refractivity contribution in [1.82, 2.24) is 4.98 Å². The van der Waals surface area contributed by atoms with Crippen LogP contribution in [0.4, 0.5) is 0 Å². The lowest BCUT2D eigenvalue weighted by Crippen LogP contribution is -1.96. The summed E-state index contributed by atoms with van der Waals surface area (Å²) >= 11 is 0. The highest BCUT2D eigenvalue weighted by atomic mass is 14.7. The molecule has 0 aromatic carbocycles. The standard InChI is InChI=1S/C10H13N3/c1-8-4-3-5-13-10(8)9(6-11)7-12-2/h3-7H,11H2,1-2H3/b9-6+,12-7-. The molecule has 0 spiro atoms. The number of nitrogens with two attached hydrogens (primary N) is 1. The lowest BCUT2D eigenvalue weighted by molar-refractivity contribution is 1.22. The van der Waals surface area contributed by atoms with E-state index in [0.29, 0.717) is 0 Å². The fourth-order valence-corrected chi connectivity index (χ4v) is 1.11. The summed E-state index contributed by atoms with van der Waals surface area (Å²) in [7, 11) is 1.71. The summed E-state index contributed by atoms with van der Waals surface area (Å²) in [6.07, 6.45) is 4.97. The highest BCUT2D eigenvalue weighted by Gasteiger charge is 2.01. The summed E-state index contributed by atoms with van der Waals surface area (Å²) in [5, 5.41) is 0. The monoisotopic (exact) mass is 175 g/mol. The lowest BCUT2D eigenvalue weighted by Gasteiger charge is -2.02. The highest BCUT2D eigenvalue weighted by Crippen LogP contribution is 2.12. The topological polar surface area (TPSA) is 51.3 Å². The van der Waals surface area contributed by atoms with E-state index in [0.717, 1.165) is 16.8 Å². The molecule has 0 fully saturated rings. The minimum absolute atomic E-state index is 0.848. The molecule has 1 aromatic rings. The van der Waals surface area contributed by atoms with Gasteiger partial charge in [-0.15, -0.1) is 0 Å². The van der Waals surface area contributed by atoms with Crippen LogP contribution in [0.3, 0.4) is 0 Å². The third-order valence-electron chi connectivity index (χ3n) is 1.73. The first kappa shape index (κ1) is 9.45. The summed E-state index contributed by atoms with van der Waals surface area (Å²) in [5.41, 5.74) is 8.30. The second-order valence-corrected chi connectivity index (χ2v) is 2.68. The van der Waals surface area contributed by atoms with Gasteiger partial charge in [-0.25, -0.2) is 0 Å². The van der Waals surface area contributed by atoms with Crippen LogP contribution in [-0.2, 0) is 0 Å². The first-order valence-corrected chi connectivity index (χ1v) is 4.05. The summed E-state index contributed by atoms with van der Waals surface area (Å²) in [6.45, 7) is 2.00. The molecule has 3 nitrogen and oxygen atoms in total. The Hall–Kier alpha value is -1.64. The number of hydrogen-bond donors (Lipinski definition) is 1. The van der Waals surface area contributed by atoms with Crippen LogP contribution in [-0.4, -0.2) is 18.2 Å². The second-order valence-electron chi connectivity index (χ2n) is 2.68. The van der Waals surface area contributed by atoms with Crippen LogP contribution in [0, 0.1) is 6.92 Å². The summed E-state index contributed by atoms with van der Waals surface area (Å²) in [6, 6.07) is 3.89. The van der Waals surface area contributed by atoms with Crippen molar-refractivity contribution < 1.29 is 0 Å². The van der Waals surface area contributed by atoms with Crippen molar-refractivity contribution in [2.45, 2.75) is 6.92 Å². The van der Waals surface area contributed by atoms with E-state index in [9.17, 15) is 0 Å². The lowest BCUT2D eigenvalue weighted by atomic mass is 10.1. The molecule has 0 aliphatic carbocycles. The molecule has 2 N–H and O–H groups in total. The Bertz CT molecular complexity index is 340. The van der Waals surface area contributed by atoms with Gasteiger partial charge in [0, 0.05) is 31.2 Å². The summed E-state index contributed by atoms with van der Waals surface area (Å²) < 4.78 is 0. The van der Waals surface area contributed by atoms with Gasteiger partial charge in [0.1, 0.15) is 0 Å². The molecule has 0 atom stereocenters. The number of allylic oxidation sites excluding steroid dienone is 1. The van der Waals surface area contributed by atoms with E-state index in [1.807, 2.05) is 19.1 Å². The number of aromatic nitrogens is 1. The molecule has 0 bridgehead atoms. The number of hydrogen-bond acceptors (Lipinski definition) is 3. The maximum Gasteiger partial charge on any atom is 0.0760 e. The number of pyridine rings is 1. The molecule has 0 amide bonds. The molecule has 1 rings (SSSR count). The van der Waals surface area contributed by atoms with Gasteiger partial charge in [0.05, 0.1) is 5.69 Å². The van der Waals surface area contributed by atoms with Crippen LogP contribution < -0.4 is 5.73 Å². The molecule has 1 aromatic heterocycles. The van der Waals surface area contributed by atoms with Gasteiger partial charge >= 0.3 is 0 Å². The van der Waals surface area contributed by atoms with Gasteiger partial charge in [-0.1, -0.05) is 6.07 Å². The van der Waals surface area contributed by atoms with Gasteiger partial charge in [-0.05, 0) is 18.6 Å². The Morgan fingerprint density at radius 2 is 2.38 bits per heavy atom. The average Bonchev–Trinajstić information content (AvgIpc) is 2.16. The van der Waals surface area contributed by atoms with E-state index in [2.05, 4.69) is 9.98 Å². The Morgan fingerprint density at radius 1 is 1.62 bits per heavy atom. The zero-order valence-corrected chi connectivity index (χ0v) is 7.86. The molecule has 3 heteroatoms. The third kappa shape index (κ3) is 2.15. The molecule has 0 saturated heterocycles. The van der Waals surface area contributed by atoms with Crippen molar-refractivity contribution in [3.63, 3.8) is 0 Å². The predicted molar refractivity (Wildman–Crippen MR) is 55.6 cm³/mol. The number of nitrogens with zero attached hydrogens (tertiary/aromatic N) is 2. The second kappa shape index (κ2) is 4.40. The first-order valence-electron chi connectivity index (χ1n) is 4.05. The van der Waals surface area contributed by atoms with Crippen LogP contribution in [0.5, 0.6) is 0 Å². The van der Waals surface area contributed by atoms with Crippen LogP contribution in [0.15, 0.2) is 29.5 Å². The molecule has 0 aliphatic rings. The first-order chi connectivity index (χ1) is 6.29. The smallest absolute Gasteiger partial charge is 0.0760 e. The largest absolute Gasteiger partial charge is 0.404 e. The molecule has 0 unspecified atom stereocenters. The van der Waals surface area contributed by atoms with Crippen molar-refractivity contribution in [1.29, 1.82) is 0 Å². The molecule has 68 valence electrons. The Morgan fingerprint density at radius 3 is 2.92 bits per heavy atom. The predicted octanol–water partition coefficient (Wildman–Crippen LogP) is 1.39. The van der Waals surface area contributed by atoms with Crippen molar-refractivity contribution in [2.24, 2.45) is 10.7 Å². The zero-order chi connectivity index (χ0) is 9.68. The molecule has 0 saturated carbocycles. The van der Waals surface area contributed by atoms with E-state index in [1.54, 1.807) is 19.5 Å². The van der Waals surface area contributed by atoms with Crippen molar-refractivity contribution in [3.05, 3.63) is 35.8 Å². The van der Waals surface area contributed by atoms with E-state index >= 15 is 0 Å². The highest BCUT2D eigenvalue weighted by molar-refractivity contribution is 6.09. The zero-order valence-electron chi connectivity index (χ0n) is 7.86. The minimum atomic E-state index is 0.848. The SMILES string of the molecule is C/N=C\C(=C/N)c1ncccc1C. The fourth-order valence-electron chi connectivity index (χ4n) is 1.11. The Labute approximate surface area is 78.0 Å². The van der Waals surface area contributed by atoms with Gasteiger partial charge in [-0.2, -0.15) is 0 Å². The molecular formula is C10H13N3. The normalized spacial score (nSPS) is 12.3. The Balaban J connectivity index is 3.13. The number of aliphatic imine (C=N–C) groups is 1. The minimum Gasteiger partial charge on any atom is -0.404 e. The van der Waals surface area contributed by atoms with E-state index < -0.39 is 0 Å². The third-order valence-corrected chi connectivity index (χ3v) is 1.73. The number of rotatable bonds is 2. The van der Waals surface area contributed by atoms with Crippen molar-refractivity contribution in [3.8, 4) is 0 Å². The van der Waals surface area contributed by atoms with Crippen LogP contribution in [0.1, 0.15) is 11.3 Å². The van der Waals surface area contributed by atoms with Crippen molar-refractivity contribution >= 4 is 11.8 Å². The maximum absolute atomic E-state index is 5.47. The maximum atomic E-state index is 5.47. The molecule has 13 heavy (non-hydrogen) atoms. The van der Waals surface area contributed by atoms with Crippen LogP contribution >= 0.6 is 0 Å². The van der Waals surface area contributed by atoms with Gasteiger partial charge in [-0.3, -0.25) is 9.98 Å². The van der Waals surface area contributed by atoms with Gasteiger partial charge in [0.15, 0.2) is 0 Å². The summed E-state index contributed by atoms with van der Waals surface area (Å²) in [5.74, 6) is 0. The number of aryl methyl sites for hydroxylation is 1. The molecule has 0 radical (unpaired) electrons.